The number of halogens is 1. The van der Waals surface area contributed by atoms with Gasteiger partial charge in [0.15, 0.2) is 5.84 Å². The van der Waals surface area contributed by atoms with Crippen molar-refractivity contribution in [1.82, 2.24) is 4.98 Å². The highest BCUT2D eigenvalue weighted by Crippen LogP contribution is 2.41. The number of hydrogen-bond donors (Lipinski definition) is 2. The summed E-state index contributed by atoms with van der Waals surface area (Å²) in [5.41, 5.74) is 6.14. The molecule has 2 heterocycles. The summed E-state index contributed by atoms with van der Waals surface area (Å²) < 4.78 is 0. The van der Waals surface area contributed by atoms with E-state index in [0.717, 1.165) is 18.3 Å². The number of oxime groups is 1. The van der Waals surface area contributed by atoms with Crippen LogP contribution in [0.4, 0.5) is 5.82 Å². The molecule has 2 aliphatic rings. The van der Waals surface area contributed by atoms with Gasteiger partial charge in [-0.1, -0.05) is 16.8 Å². The number of anilines is 1. The van der Waals surface area contributed by atoms with E-state index in [1.165, 1.54) is 19.3 Å². The van der Waals surface area contributed by atoms with E-state index in [9.17, 15) is 0 Å². The lowest BCUT2D eigenvalue weighted by molar-refractivity contribution is 0.318. The summed E-state index contributed by atoms with van der Waals surface area (Å²) in [6, 6.07) is 2.21. The molecule has 96 valence electrons. The number of fused-ring (bicyclic) bond motifs is 2. The van der Waals surface area contributed by atoms with E-state index < -0.39 is 0 Å². The van der Waals surface area contributed by atoms with E-state index in [-0.39, 0.29) is 5.84 Å². The average molecular weight is 267 g/mol. The topological polar surface area (TPSA) is 74.7 Å². The second kappa shape index (κ2) is 4.31. The molecule has 0 spiro atoms. The first-order valence-corrected chi connectivity index (χ1v) is 6.47. The molecule has 1 aromatic heterocycles. The smallest absolute Gasteiger partial charge is 0.171 e. The summed E-state index contributed by atoms with van der Waals surface area (Å²) in [7, 11) is 0. The molecule has 18 heavy (non-hydrogen) atoms. The van der Waals surface area contributed by atoms with Crippen LogP contribution in [0.15, 0.2) is 17.4 Å². The third-order valence-electron chi connectivity index (χ3n) is 3.94. The van der Waals surface area contributed by atoms with Crippen LogP contribution in [0.2, 0.25) is 5.02 Å². The minimum absolute atomic E-state index is 0.0213. The van der Waals surface area contributed by atoms with Crippen LogP contribution < -0.4 is 10.6 Å². The van der Waals surface area contributed by atoms with E-state index >= 15 is 0 Å². The third-order valence-corrected chi connectivity index (χ3v) is 4.31. The minimum atomic E-state index is 0.0213. The Hall–Kier alpha value is -1.49. The van der Waals surface area contributed by atoms with Crippen molar-refractivity contribution in [2.45, 2.75) is 25.3 Å². The summed E-state index contributed by atoms with van der Waals surface area (Å²) in [5, 5.41) is 12.2. The quantitative estimate of drug-likeness (QED) is 0.371. The van der Waals surface area contributed by atoms with Crippen LogP contribution in [0.25, 0.3) is 0 Å². The van der Waals surface area contributed by atoms with Gasteiger partial charge < -0.3 is 15.8 Å². The van der Waals surface area contributed by atoms with Crippen molar-refractivity contribution in [3.05, 3.63) is 22.8 Å². The van der Waals surface area contributed by atoms with Crippen molar-refractivity contribution in [3.63, 3.8) is 0 Å². The Bertz CT molecular complexity index is 505. The SMILES string of the molecule is N/C(=N/O)c1ccnc(N2CC3CCC2C3)c1Cl. The predicted octanol–water partition coefficient (Wildman–Crippen LogP) is 1.82. The molecule has 6 heteroatoms. The zero-order valence-electron chi connectivity index (χ0n) is 9.88. The van der Waals surface area contributed by atoms with Crippen LogP contribution in [-0.2, 0) is 0 Å². The maximum Gasteiger partial charge on any atom is 0.171 e. The second-order valence-corrected chi connectivity index (χ2v) is 5.34. The van der Waals surface area contributed by atoms with Crippen LogP contribution in [-0.4, -0.2) is 28.6 Å². The average Bonchev–Trinajstić information content (AvgIpc) is 3.00. The summed E-state index contributed by atoms with van der Waals surface area (Å²) >= 11 is 6.32. The largest absolute Gasteiger partial charge is 0.409 e. The Morgan fingerprint density at radius 2 is 2.39 bits per heavy atom. The summed E-state index contributed by atoms with van der Waals surface area (Å²) in [5.74, 6) is 1.54. The van der Waals surface area contributed by atoms with Gasteiger partial charge in [0.1, 0.15) is 5.82 Å². The number of hydrogen-bond acceptors (Lipinski definition) is 4. The molecule has 2 fully saturated rings. The normalized spacial score (nSPS) is 26.9. The molecular weight excluding hydrogens is 252 g/mol. The van der Waals surface area contributed by atoms with Gasteiger partial charge >= 0.3 is 0 Å². The van der Waals surface area contributed by atoms with E-state index in [1.54, 1.807) is 12.3 Å². The summed E-state index contributed by atoms with van der Waals surface area (Å²) in [6.07, 6.45) is 5.39. The molecule has 2 atom stereocenters. The molecule has 3 N–H and O–H groups in total. The molecular formula is C12H15ClN4O. The fraction of sp³-hybridized carbons (Fsp3) is 0.500. The van der Waals surface area contributed by atoms with Gasteiger partial charge in [0, 0.05) is 24.3 Å². The van der Waals surface area contributed by atoms with Gasteiger partial charge in [-0.25, -0.2) is 4.98 Å². The molecule has 0 radical (unpaired) electrons. The summed E-state index contributed by atoms with van der Waals surface area (Å²) in [6.45, 7) is 1.01. The van der Waals surface area contributed by atoms with Gasteiger partial charge in [-0.15, -0.1) is 0 Å². The van der Waals surface area contributed by atoms with Crippen LogP contribution in [0.1, 0.15) is 24.8 Å². The zero-order chi connectivity index (χ0) is 12.7. The fourth-order valence-corrected chi connectivity index (χ4v) is 3.39. The maximum absolute atomic E-state index is 8.74. The number of nitrogens with two attached hydrogens (primary N) is 1. The lowest BCUT2D eigenvalue weighted by Gasteiger charge is -2.29. The Kier molecular flexibility index (Phi) is 2.78. The first-order valence-electron chi connectivity index (χ1n) is 6.09. The highest BCUT2D eigenvalue weighted by molar-refractivity contribution is 6.36. The standard InChI is InChI=1S/C12H15ClN4O/c13-10-9(11(14)16-18)3-4-15-12(10)17-6-7-1-2-8(17)5-7/h3-4,7-8,18H,1-2,5-6H2,(H2,14,16). The molecule has 2 bridgehead atoms. The van der Waals surface area contributed by atoms with Crippen LogP contribution in [0.5, 0.6) is 0 Å². The fourth-order valence-electron chi connectivity index (χ4n) is 3.07. The molecule has 0 aromatic carbocycles. The Balaban J connectivity index is 1.98. The molecule has 0 amide bonds. The minimum Gasteiger partial charge on any atom is -0.409 e. The van der Waals surface area contributed by atoms with Crippen molar-refractivity contribution in [1.29, 1.82) is 0 Å². The monoisotopic (exact) mass is 266 g/mol. The van der Waals surface area contributed by atoms with Crippen LogP contribution in [0, 0.1) is 5.92 Å². The molecule has 1 aliphatic heterocycles. The first-order chi connectivity index (χ1) is 8.70. The molecule has 1 aliphatic carbocycles. The predicted molar refractivity (Wildman–Crippen MR) is 70.2 cm³/mol. The van der Waals surface area contributed by atoms with Crippen molar-refractivity contribution in [2.75, 3.05) is 11.4 Å². The van der Waals surface area contributed by atoms with E-state index in [4.69, 9.17) is 22.5 Å². The Morgan fingerprint density at radius 3 is 3.00 bits per heavy atom. The highest BCUT2D eigenvalue weighted by atomic mass is 35.5. The number of piperidine rings is 1. The number of aromatic nitrogens is 1. The van der Waals surface area contributed by atoms with Crippen molar-refractivity contribution < 1.29 is 5.21 Å². The second-order valence-electron chi connectivity index (χ2n) is 4.97. The first kappa shape index (κ1) is 11.6. The zero-order valence-corrected chi connectivity index (χ0v) is 10.6. The van der Waals surface area contributed by atoms with E-state index in [2.05, 4.69) is 15.0 Å². The Labute approximate surface area is 110 Å². The molecule has 1 aromatic rings. The molecule has 5 nitrogen and oxygen atoms in total. The molecule has 1 saturated heterocycles. The van der Waals surface area contributed by atoms with E-state index in [1.807, 2.05) is 0 Å². The lowest BCUT2D eigenvalue weighted by Crippen LogP contribution is -2.33. The summed E-state index contributed by atoms with van der Waals surface area (Å²) in [4.78, 5) is 6.61. The van der Waals surface area contributed by atoms with Crippen molar-refractivity contribution in [2.24, 2.45) is 16.8 Å². The van der Waals surface area contributed by atoms with E-state index in [0.29, 0.717) is 16.6 Å². The highest BCUT2D eigenvalue weighted by Gasteiger charge is 2.39. The number of pyridine rings is 1. The van der Waals surface area contributed by atoms with Gasteiger partial charge in [-0.2, -0.15) is 0 Å². The van der Waals surface area contributed by atoms with Gasteiger partial charge in [-0.05, 0) is 31.2 Å². The molecule has 3 rings (SSSR count). The van der Waals surface area contributed by atoms with Gasteiger partial charge in [0.05, 0.1) is 5.02 Å². The van der Waals surface area contributed by atoms with Crippen molar-refractivity contribution in [3.8, 4) is 0 Å². The van der Waals surface area contributed by atoms with Gasteiger partial charge in [0.2, 0.25) is 0 Å². The maximum atomic E-state index is 8.74. The van der Waals surface area contributed by atoms with Gasteiger partial charge in [-0.3, -0.25) is 0 Å². The lowest BCUT2D eigenvalue weighted by atomic mass is 10.1. The number of amidine groups is 1. The van der Waals surface area contributed by atoms with Crippen LogP contribution in [0.3, 0.4) is 0 Å². The number of rotatable bonds is 2. The molecule has 1 saturated carbocycles. The molecule has 2 unspecified atom stereocenters. The Morgan fingerprint density at radius 1 is 1.56 bits per heavy atom. The third kappa shape index (κ3) is 1.70. The van der Waals surface area contributed by atoms with Crippen LogP contribution >= 0.6 is 11.6 Å². The van der Waals surface area contributed by atoms with Crippen molar-refractivity contribution >= 4 is 23.3 Å². The van der Waals surface area contributed by atoms with Gasteiger partial charge in [0.25, 0.3) is 0 Å². The number of nitrogens with zero attached hydrogens (tertiary/aromatic N) is 3.